The maximum absolute atomic E-state index is 12.8. The largest absolute Gasteiger partial charge is 0.472 e. The molecule has 0 aromatic carbocycles. The van der Waals surface area contributed by atoms with E-state index in [-0.39, 0.29) is 13.0 Å². The van der Waals surface area contributed by atoms with Crippen molar-refractivity contribution in [2.45, 2.75) is 198 Å². The Labute approximate surface area is 385 Å². The molecule has 6 atom stereocenters. The highest BCUT2D eigenvalue weighted by molar-refractivity contribution is 7.47. The first kappa shape index (κ1) is 59.3. The summed E-state index contributed by atoms with van der Waals surface area (Å²) in [5.41, 5.74) is 0. The smallest absolute Gasteiger partial charge is 0.457 e. The summed E-state index contributed by atoms with van der Waals surface area (Å²) in [5, 5.41) is 50.2. The van der Waals surface area contributed by atoms with E-state index in [1.807, 2.05) is 0 Å². The molecule has 6 unspecified atom stereocenters. The van der Waals surface area contributed by atoms with Gasteiger partial charge in [-0.3, -0.25) is 13.8 Å². The van der Waals surface area contributed by atoms with Crippen molar-refractivity contribution in [3.8, 4) is 0 Å². The SMILES string of the molecule is CC/C=C\C/C=C\C/C=C\C/C=C\C/C=C\CCCCCCOCC(COP(=O)(O)OC1C(O)C(O)C(O)C(O)C1O)OC(=O)CCCCCCCCC/C=C\C/C=C\C/C=C\CC. The third kappa shape index (κ3) is 32.0. The molecule has 13 heteroatoms. The van der Waals surface area contributed by atoms with Crippen LogP contribution in [0.2, 0.25) is 0 Å². The van der Waals surface area contributed by atoms with Gasteiger partial charge >= 0.3 is 13.8 Å². The molecular weight excluding hydrogens is 836 g/mol. The zero-order chi connectivity index (χ0) is 46.9. The standard InChI is InChI=1S/C51H85O12P/c1-3-5-7-9-11-13-15-17-19-21-22-23-25-27-29-31-33-35-37-39-41-60-42-44(43-61-64(58,59)63-51-49(56)47(54)46(53)48(55)50(51)57)62-45(52)40-38-36-34-32-30-28-26-24-20-18-16-14-12-10-8-6-4-2/h5-8,11-14,17-20,22-23,27,29,44,46-51,53-57H,3-4,9-10,15-16,21,24-26,28,30-43H2,1-2H3,(H,58,59)/b7-5-,8-6-,13-11-,14-12-,19-17-,20-18-,23-22-,29-27-. The minimum atomic E-state index is -5.04. The summed E-state index contributed by atoms with van der Waals surface area (Å²) < 4.78 is 34.2. The van der Waals surface area contributed by atoms with Gasteiger partial charge in [0.1, 0.15) is 42.7 Å². The Hall–Kier alpha value is -2.74. The highest BCUT2D eigenvalue weighted by atomic mass is 31.2. The van der Waals surface area contributed by atoms with E-state index < -0.39 is 63.1 Å². The molecule has 0 aromatic heterocycles. The number of hydrogen-bond acceptors (Lipinski definition) is 11. The summed E-state index contributed by atoms with van der Waals surface area (Å²) in [5.74, 6) is -0.502. The zero-order valence-electron chi connectivity index (χ0n) is 39.0. The number of aliphatic hydroxyl groups excluding tert-OH is 5. The van der Waals surface area contributed by atoms with E-state index in [1.54, 1.807) is 0 Å². The monoisotopic (exact) mass is 921 g/mol. The maximum Gasteiger partial charge on any atom is 0.472 e. The number of carbonyl (C=O) groups excluding carboxylic acids is 1. The van der Waals surface area contributed by atoms with Crippen LogP contribution in [0.3, 0.4) is 0 Å². The van der Waals surface area contributed by atoms with Gasteiger partial charge in [-0.05, 0) is 89.9 Å². The number of unbranched alkanes of at least 4 members (excludes halogenated alkanes) is 11. The lowest BCUT2D eigenvalue weighted by Crippen LogP contribution is -2.64. The molecule has 366 valence electrons. The fourth-order valence-electron chi connectivity index (χ4n) is 6.69. The van der Waals surface area contributed by atoms with Gasteiger partial charge in [0.25, 0.3) is 0 Å². The van der Waals surface area contributed by atoms with Gasteiger partial charge in [0.15, 0.2) is 0 Å². The predicted octanol–water partition coefficient (Wildman–Crippen LogP) is 10.3. The first-order chi connectivity index (χ1) is 31.0. The molecule has 0 aliphatic heterocycles. The van der Waals surface area contributed by atoms with Crippen molar-refractivity contribution in [1.29, 1.82) is 0 Å². The number of aliphatic hydroxyl groups is 5. The maximum atomic E-state index is 12.8. The molecule has 1 saturated carbocycles. The summed E-state index contributed by atoms with van der Waals surface area (Å²) in [6.07, 6.45) is 43.2. The summed E-state index contributed by atoms with van der Waals surface area (Å²) in [4.78, 5) is 23.2. The van der Waals surface area contributed by atoms with E-state index in [4.69, 9.17) is 18.5 Å². The topological polar surface area (TPSA) is 192 Å². The molecule has 0 amide bonds. The molecule has 0 saturated heterocycles. The third-order valence-electron chi connectivity index (χ3n) is 10.5. The van der Waals surface area contributed by atoms with Crippen LogP contribution in [-0.2, 0) is 27.9 Å². The summed E-state index contributed by atoms with van der Waals surface area (Å²) in [7, 11) is -5.04. The van der Waals surface area contributed by atoms with E-state index in [1.165, 1.54) is 0 Å². The molecule has 1 fully saturated rings. The van der Waals surface area contributed by atoms with Gasteiger partial charge < -0.3 is 39.9 Å². The molecule has 1 aliphatic rings. The van der Waals surface area contributed by atoms with Crippen molar-refractivity contribution < 1.29 is 58.3 Å². The Bertz CT molecular complexity index is 1420. The van der Waals surface area contributed by atoms with E-state index in [0.29, 0.717) is 13.0 Å². The van der Waals surface area contributed by atoms with Gasteiger partial charge in [-0.1, -0.05) is 156 Å². The second kappa shape index (κ2) is 40.5. The first-order valence-electron chi connectivity index (χ1n) is 24.1. The molecule has 0 aromatic rings. The van der Waals surface area contributed by atoms with Crippen molar-refractivity contribution in [3.63, 3.8) is 0 Å². The number of rotatable bonds is 39. The minimum absolute atomic E-state index is 0.105. The average molecular weight is 921 g/mol. The number of ether oxygens (including phenoxy) is 2. The average Bonchev–Trinajstić information content (AvgIpc) is 3.28. The number of hydrogen-bond donors (Lipinski definition) is 6. The fraction of sp³-hybridized carbons (Fsp3) is 0.667. The molecule has 0 spiro atoms. The minimum Gasteiger partial charge on any atom is -0.457 e. The molecule has 1 rings (SSSR count). The van der Waals surface area contributed by atoms with Crippen LogP contribution in [0.4, 0.5) is 0 Å². The first-order valence-corrected chi connectivity index (χ1v) is 25.6. The molecular formula is C51H85O12P. The predicted molar refractivity (Wildman–Crippen MR) is 257 cm³/mol. The number of esters is 1. The number of carbonyl (C=O) groups is 1. The quantitative estimate of drug-likeness (QED) is 0.0148. The van der Waals surface area contributed by atoms with Crippen LogP contribution < -0.4 is 0 Å². The Kier molecular flexibility index (Phi) is 37.5. The Morgan fingerprint density at radius 1 is 0.500 bits per heavy atom. The molecule has 0 radical (unpaired) electrons. The van der Waals surface area contributed by atoms with Crippen LogP contribution in [0.15, 0.2) is 97.2 Å². The third-order valence-corrected chi connectivity index (χ3v) is 11.4. The van der Waals surface area contributed by atoms with Gasteiger partial charge in [0.05, 0.1) is 13.2 Å². The molecule has 64 heavy (non-hydrogen) atoms. The van der Waals surface area contributed by atoms with Crippen molar-refractivity contribution in [3.05, 3.63) is 97.2 Å². The van der Waals surface area contributed by atoms with Crippen LogP contribution in [0, 0.1) is 0 Å². The number of allylic oxidation sites excluding steroid dienone is 16. The van der Waals surface area contributed by atoms with Crippen LogP contribution in [0.5, 0.6) is 0 Å². The molecule has 12 nitrogen and oxygen atoms in total. The van der Waals surface area contributed by atoms with Gasteiger partial charge in [-0.2, -0.15) is 0 Å². The van der Waals surface area contributed by atoms with Crippen LogP contribution in [0.1, 0.15) is 155 Å². The van der Waals surface area contributed by atoms with Gasteiger partial charge in [0.2, 0.25) is 0 Å². The van der Waals surface area contributed by atoms with Crippen molar-refractivity contribution in [2.75, 3.05) is 19.8 Å². The Morgan fingerprint density at radius 2 is 0.875 bits per heavy atom. The Morgan fingerprint density at radius 3 is 1.33 bits per heavy atom. The van der Waals surface area contributed by atoms with Gasteiger partial charge in [0, 0.05) is 13.0 Å². The number of phosphoric ester groups is 1. The van der Waals surface area contributed by atoms with Crippen molar-refractivity contribution in [1.82, 2.24) is 0 Å². The molecule has 0 heterocycles. The summed E-state index contributed by atoms with van der Waals surface area (Å²) >= 11 is 0. The van der Waals surface area contributed by atoms with Crippen molar-refractivity contribution in [2.24, 2.45) is 0 Å². The highest BCUT2D eigenvalue weighted by Crippen LogP contribution is 2.47. The van der Waals surface area contributed by atoms with Crippen LogP contribution in [-0.4, -0.2) is 98.9 Å². The van der Waals surface area contributed by atoms with E-state index in [2.05, 4.69) is 111 Å². The molecule has 0 bridgehead atoms. The van der Waals surface area contributed by atoms with Crippen LogP contribution in [0.25, 0.3) is 0 Å². The second-order valence-electron chi connectivity index (χ2n) is 16.2. The number of phosphoric acid groups is 1. The van der Waals surface area contributed by atoms with E-state index >= 15 is 0 Å². The lowest BCUT2D eigenvalue weighted by Gasteiger charge is -2.41. The fourth-order valence-corrected chi connectivity index (χ4v) is 7.66. The molecule has 6 N–H and O–H groups in total. The Balaban J connectivity index is 2.41. The van der Waals surface area contributed by atoms with Gasteiger partial charge in [-0.15, -0.1) is 0 Å². The summed E-state index contributed by atoms with van der Waals surface area (Å²) in [6, 6.07) is 0. The van der Waals surface area contributed by atoms with Crippen LogP contribution >= 0.6 is 7.82 Å². The zero-order valence-corrected chi connectivity index (χ0v) is 39.9. The van der Waals surface area contributed by atoms with E-state index in [9.17, 15) is 39.8 Å². The van der Waals surface area contributed by atoms with Gasteiger partial charge in [-0.25, -0.2) is 4.57 Å². The van der Waals surface area contributed by atoms with E-state index in [0.717, 1.165) is 128 Å². The van der Waals surface area contributed by atoms with Crippen molar-refractivity contribution >= 4 is 13.8 Å². The highest BCUT2D eigenvalue weighted by Gasteiger charge is 2.51. The lowest BCUT2D eigenvalue weighted by molar-refractivity contribution is -0.220. The lowest BCUT2D eigenvalue weighted by atomic mass is 9.85. The normalized spacial score (nSPS) is 22.6. The molecule has 1 aliphatic carbocycles. The second-order valence-corrected chi connectivity index (χ2v) is 17.6. The summed E-state index contributed by atoms with van der Waals surface area (Å²) in [6.45, 7) is 3.95.